The van der Waals surface area contributed by atoms with E-state index in [0.717, 1.165) is 18.5 Å². The summed E-state index contributed by atoms with van der Waals surface area (Å²) in [7, 11) is 3.97. The number of rotatable bonds is 6. The van der Waals surface area contributed by atoms with Gasteiger partial charge in [0.15, 0.2) is 11.6 Å². The van der Waals surface area contributed by atoms with Gasteiger partial charge in [0.2, 0.25) is 0 Å². The molecule has 0 spiro atoms. The highest BCUT2D eigenvalue weighted by molar-refractivity contribution is 5.24. The van der Waals surface area contributed by atoms with Gasteiger partial charge in [0, 0.05) is 5.54 Å². The smallest absolute Gasteiger partial charge is 0.159 e. The van der Waals surface area contributed by atoms with Crippen molar-refractivity contribution < 1.29 is 8.78 Å². The van der Waals surface area contributed by atoms with E-state index in [4.69, 9.17) is 0 Å². The molecule has 0 aliphatic rings. The fourth-order valence-electron chi connectivity index (χ4n) is 2.01. The van der Waals surface area contributed by atoms with E-state index < -0.39 is 11.6 Å². The zero-order chi connectivity index (χ0) is 14.6. The monoisotopic (exact) mass is 270 g/mol. The maximum absolute atomic E-state index is 13.4. The second kappa shape index (κ2) is 6.44. The molecular weight excluding hydrogens is 246 g/mol. The van der Waals surface area contributed by atoms with Crippen LogP contribution in [0.4, 0.5) is 8.78 Å². The number of nitrogens with zero attached hydrogens (tertiary/aromatic N) is 1. The van der Waals surface area contributed by atoms with Crippen molar-refractivity contribution in [1.29, 1.82) is 0 Å². The minimum absolute atomic E-state index is 0.0578. The molecule has 0 bridgehead atoms. The Morgan fingerprint density at radius 3 is 2.32 bits per heavy atom. The summed E-state index contributed by atoms with van der Waals surface area (Å²) >= 11 is 0. The predicted molar refractivity (Wildman–Crippen MR) is 75.2 cm³/mol. The summed E-state index contributed by atoms with van der Waals surface area (Å²) in [5, 5.41) is 3.42. The third-order valence-corrected chi connectivity index (χ3v) is 3.73. The quantitative estimate of drug-likeness (QED) is 0.853. The first kappa shape index (κ1) is 16.1. The molecule has 1 aromatic carbocycles. The van der Waals surface area contributed by atoms with E-state index in [9.17, 15) is 8.78 Å². The lowest BCUT2D eigenvalue weighted by atomic mass is 9.87. The summed E-state index contributed by atoms with van der Waals surface area (Å²) < 4.78 is 26.5. The van der Waals surface area contributed by atoms with E-state index in [1.807, 2.05) is 14.1 Å². The Labute approximate surface area is 114 Å². The summed E-state index contributed by atoms with van der Waals surface area (Å²) in [4.78, 5) is 2.08. The van der Waals surface area contributed by atoms with Gasteiger partial charge in [0.05, 0.1) is 6.04 Å². The van der Waals surface area contributed by atoms with Gasteiger partial charge in [0.1, 0.15) is 0 Å². The Kier molecular flexibility index (Phi) is 5.44. The molecule has 0 amide bonds. The fraction of sp³-hybridized carbons (Fsp3) is 0.600. The number of hydrogen-bond donors (Lipinski definition) is 1. The van der Waals surface area contributed by atoms with Crippen molar-refractivity contribution in [2.75, 3.05) is 20.6 Å². The second-order valence-electron chi connectivity index (χ2n) is 5.61. The third-order valence-electron chi connectivity index (χ3n) is 3.73. The lowest BCUT2D eigenvalue weighted by Gasteiger charge is -2.41. The molecular formula is C15H24F2N2. The van der Waals surface area contributed by atoms with Crippen LogP contribution in [-0.2, 0) is 0 Å². The third kappa shape index (κ3) is 3.74. The highest BCUT2D eigenvalue weighted by Crippen LogP contribution is 2.30. The Morgan fingerprint density at radius 2 is 1.84 bits per heavy atom. The number of halogens is 2. The average molecular weight is 270 g/mol. The molecule has 108 valence electrons. The van der Waals surface area contributed by atoms with Crippen molar-refractivity contribution in [2.24, 2.45) is 0 Å². The van der Waals surface area contributed by atoms with Crippen LogP contribution in [0.3, 0.4) is 0 Å². The highest BCUT2D eigenvalue weighted by Gasteiger charge is 2.32. The minimum atomic E-state index is -0.805. The molecule has 1 rings (SSSR count). The van der Waals surface area contributed by atoms with Gasteiger partial charge in [-0.2, -0.15) is 0 Å². The van der Waals surface area contributed by atoms with Crippen molar-refractivity contribution in [3.05, 3.63) is 35.4 Å². The summed E-state index contributed by atoms with van der Waals surface area (Å²) in [5.74, 6) is -1.60. The zero-order valence-corrected chi connectivity index (χ0v) is 12.4. The first-order valence-corrected chi connectivity index (χ1v) is 6.66. The van der Waals surface area contributed by atoms with E-state index in [-0.39, 0.29) is 11.6 Å². The molecule has 0 aromatic heterocycles. The minimum Gasteiger partial charge on any atom is -0.308 e. The van der Waals surface area contributed by atoms with Gasteiger partial charge in [-0.3, -0.25) is 0 Å². The predicted octanol–water partition coefficient (Wildman–Crippen LogP) is 3.35. The van der Waals surface area contributed by atoms with Crippen LogP contribution >= 0.6 is 0 Å². The van der Waals surface area contributed by atoms with Crippen LogP contribution in [0.1, 0.15) is 38.8 Å². The largest absolute Gasteiger partial charge is 0.308 e. The lowest BCUT2D eigenvalue weighted by molar-refractivity contribution is 0.137. The first-order chi connectivity index (χ1) is 8.80. The van der Waals surface area contributed by atoms with Crippen molar-refractivity contribution in [2.45, 2.75) is 38.8 Å². The molecule has 1 N–H and O–H groups in total. The molecule has 1 unspecified atom stereocenters. The van der Waals surface area contributed by atoms with Gasteiger partial charge in [-0.1, -0.05) is 13.0 Å². The molecule has 0 heterocycles. The van der Waals surface area contributed by atoms with Gasteiger partial charge in [-0.25, -0.2) is 8.78 Å². The summed E-state index contributed by atoms with van der Waals surface area (Å²) in [6.07, 6.45) is 0.990. The van der Waals surface area contributed by atoms with E-state index in [0.29, 0.717) is 0 Å². The summed E-state index contributed by atoms with van der Waals surface area (Å²) in [6.45, 7) is 7.09. The number of hydrogen-bond acceptors (Lipinski definition) is 2. The molecule has 1 atom stereocenters. The topological polar surface area (TPSA) is 15.3 Å². The van der Waals surface area contributed by atoms with Crippen LogP contribution < -0.4 is 5.32 Å². The number of nitrogens with one attached hydrogen (secondary N) is 1. The van der Waals surface area contributed by atoms with Gasteiger partial charge in [-0.15, -0.1) is 0 Å². The molecule has 0 radical (unpaired) electrons. The molecule has 0 fully saturated rings. The molecule has 0 saturated carbocycles. The van der Waals surface area contributed by atoms with Crippen LogP contribution in [0.25, 0.3) is 0 Å². The van der Waals surface area contributed by atoms with Crippen molar-refractivity contribution in [3.8, 4) is 0 Å². The maximum Gasteiger partial charge on any atom is 0.159 e. The Balaban J connectivity index is 3.12. The first-order valence-electron chi connectivity index (χ1n) is 6.66. The highest BCUT2D eigenvalue weighted by atomic mass is 19.2. The Bertz CT molecular complexity index is 417. The Morgan fingerprint density at radius 1 is 1.21 bits per heavy atom. The van der Waals surface area contributed by atoms with E-state index in [1.54, 1.807) is 6.07 Å². The number of benzene rings is 1. The van der Waals surface area contributed by atoms with E-state index in [1.165, 1.54) is 12.1 Å². The molecule has 4 heteroatoms. The molecule has 0 aliphatic carbocycles. The molecule has 0 saturated heterocycles. The summed E-state index contributed by atoms with van der Waals surface area (Å²) in [6, 6.07) is 4.07. The van der Waals surface area contributed by atoms with Crippen LogP contribution in [0, 0.1) is 11.6 Å². The van der Waals surface area contributed by atoms with Crippen molar-refractivity contribution >= 4 is 0 Å². The standard InChI is InChI=1S/C15H24F2N2/c1-6-9-18-14(15(2,3)19(4)5)11-7-8-12(16)13(17)10-11/h7-8,10,14,18H,6,9H2,1-5H3. The van der Waals surface area contributed by atoms with Crippen LogP contribution in [0.15, 0.2) is 18.2 Å². The van der Waals surface area contributed by atoms with Gasteiger partial charge < -0.3 is 10.2 Å². The van der Waals surface area contributed by atoms with E-state index >= 15 is 0 Å². The zero-order valence-electron chi connectivity index (χ0n) is 12.4. The molecule has 1 aromatic rings. The SMILES string of the molecule is CCCNC(c1ccc(F)c(F)c1)C(C)(C)N(C)C. The second-order valence-corrected chi connectivity index (χ2v) is 5.61. The fourth-order valence-corrected chi connectivity index (χ4v) is 2.01. The summed E-state index contributed by atoms with van der Waals surface area (Å²) in [5.41, 5.74) is 0.561. The van der Waals surface area contributed by atoms with Gasteiger partial charge >= 0.3 is 0 Å². The molecule has 19 heavy (non-hydrogen) atoms. The molecule has 0 aliphatic heterocycles. The van der Waals surface area contributed by atoms with Gasteiger partial charge in [-0.05, 0) is 58.6 Å². The molecule has 2 nitrogen and oxygen atoms in total. The van der Waals surface area contributed by atoms with Crippen molar-refractivity contribution in [1.82, 2.24) is 10.2 Å². The van der Waals surface area contributed by atoms with Crippen LogP contribution in [0.2, 0.25) is 0 Å². The Hall–Kier alpha value is -1.00. The van der Waals surface area contributed by atoms with E-state index in [2.05, 4.69) is 31.0 Å². The van der Waals surface area contributed by atoms with Crippen molar-refractivity contribution in [3.63, 3.8) is 0 Å². The van der Waals surface area contributed by atoms with Crippen LogP contribution in [-0.4, -0.2) is 31.1 Å². The van der Waals surface area contributed by atoms with Crippen LogP contribution in [0.5, 0.6) is 0 Å². The normalized spacial score (nSPS) is 13.9. The van der Waals surface area contributed by atoms with Gasteiger partial charge in [0.25, 0.3) is 0 Å². The maximum atomic E-state index is 13.4. The number of likely N-dealkylation sites (N-methyl/N-ethyl adjacent to an activating group) is 1. The lowest BCUT2D eigenvalue weighted by Crippen LogP contribution is -2.49. The average Bonchev–Trinajstić information content (AvgIpc) is 2.33.